The van der Waals surface area contributed by atoms with Crippen molar-refractivity contribution in [1.29, 1.82) is 0 Å². The first kappa shape index (κ1) is 19.8. The summed E-state index contributed by atoms with van der Waals surface area (Å²) in [6.45, 7) is 4.47. The lowest BCUT2D eigenvalue weighted by molar-refractivity contribution is -0.143. The molecule has 0 saturated carbocycles. The van der Waals surface area contributed by atoms with Crippen molar-refractivity contribution in [3.63, 3.8) is 0 Å². The van der Waals surface area contributed by atoms with Crippen molar-refractivity contribution in [2.24, 2.45) is 0 Å². The first-order valence-electron chi connectivity index (χ1n) is 8.56. The van der Waals surface area contributed by atoms with Crippen molar-refractivity contribution >= 4 is 16.0 Å². The minimum Gasteiger partial charge on any atom is -0.466 e. The summed E-state index contributed by atoms with van der Waals surface area (Å²) >= 11 is 0. The third-order valence-corrected chi connectivity index (χ3v) is 5.67. The van der Waals surface area contributed by atoms with Crippen LogP contribution in [0.5, 0.6) is 0 Å². The summed E-state index contributed by atoms with van der Waals surface area (Å²) in [6, 6.07) is 4.65. The fourth-order valence-electron chi connectivity index (χ4n) is 2.87. The zero-order valence-corrected chi connectivity index (χ0v) is 15.2. The molecule has 1 aliphatic rings. The second kappa shape index (κ2) is 9.26. The molecule has 8 heteroatoms. The van der Waals surface area contributed by atoms with Crippen molar-refractivity contribution in [2.45, 2.75) is 43.5 Å². The van der Waals surface area contributed by atoms with E-state index < -0.39 is 15.8 Å². The van der Waals surface area contributed by atoms with Crippen LogP contribution in [0.25, 0.3) is 0 Å². The van der Waals surface area contributed by atoms with Crippen LogP contribution in [0.4, 0.5) is 4.39 Å². The predicted molar refractivity (Wildman–Crippen MR) is 92.1 cm³/mol. The molecule has 140 valence electrons. The number of likely N-dealkylation sites (tertiary alicyclic amines) is 1. The van der Waals surface area contributed by atoms with Crippen molar-refractivity contribution < 1.29 is 22.3 Å². The highest BCUT2D eigenvalue weighted by atomic mass is 32.2. The van der Waals surface area contributed by atoms with Gasteiger partial charge in [-0.05, 0) is 63.5 Å². The number of unbranched alkanes of at least 4 members (excludes halogenated alkanes) is 1. The molecule has 0 aliphatic carbocycles. The predicted octanol–water partition coefficient (Wildman–Crippen LogP) is 1.91. The molecular weight excluding hydrogens is 347 g/mol. The van der Waals surface area contributed by atoms with Gasteiger partial charge in [-0.25, -0.2) is 17.5 Å². The summed E-state index contributed by atoms with van der Waals surface area (Å²) in [7, 11) is -3.63. The Balaban J connectivity index is 1.73. The molecule has 1 aromatic carbocycles. The first-order valence-corrected chi connectivity index (χ1v) is 10.0. The maximum atomic E-state index is 12.9. The van der Waals surface area contributed by atoms with Crippen LogP contribution in [0.1, 0.15) is 32.6 Å². The molecule has 1 aliphatic heterocycles. The summed E-state index contributed by atoms with van der Waals surface area (Å²) in [5.74, 6) is -0.636. The fraction of sp³-hybridized carbons (Fsp3) is 0.588. The zero-order chi connectivity index (χ0) is 18.3. The average Bonchev–Trinajstić information content (AvgIpc) is 2.99. The number of esters is 1. The van der Waals surface area contributed by atoms with Gasteiger partial charge in [-0.3, -0.25) is 4.79 Å². The second-order valence-electron chi connectivity index (χ2n) is 6.12. The van der Waals surface area contributed by atoms with E-state index in [0.717, 1.165) is 44.5 Å². The van der Waals surface area contributed by atoms with Crippen LogP contribution >= 0.6 is 0 Å². The molecule has 6 nitrogen and oxygen atoms in total. The highest BCUT2D eigenvalue weighted by Crippen LogP contribution is 2.15. The van der Waals surface area contributed by atoms with E-state index in [1.165, 1.54) is 12.1 Å². The molecule has 2 rings (SSSR count). The minimum atomic E-state index is -3.63. The number of rotatable bonds is 9. The molecule has 0 aromatic heterocycles. The number of hydrogen-bond acceptors (Lipinski definition) is 5. The molecule has 1 fully saturated rings. The molecule has 0 spiro atoms. The van der Waals surface area contributed by atoms with Crippen LogP contribution in [-0.2, 0) is 19.6 Å². The van der Waals surface area contributed by atoms with Crippen LogP contribution < -0.4 is 4.72 Å². The number of nitrogens with zero attached hydrogens (tertiary/aromatic N) is 1. The zero-order valence-electron chi connectivity index (χ0n) is 14.4. The quantitative estimate of drug-likeness (QED) is 0.529. The number of sulfonamides is 1. The Kier molecular flexibility index (Phi) is 7.34. The third-order valence-electron chi connectivity index (χ3n) is 4.13. The van der Waals surface area contributed by atoms with E-state index in [2.05, 4.69) is 9.62 Å². The Morgan fingerprint density at radius 2 is 2.04 bits per heavy atom. The second-order valence-corrected chi connectivity index (χ2v) is 7.84. The normalized spacial score (nSPS) is 18.4. The van der Waals surface area contributed by atoms with Crippen LogP contribution in [0.2, 0.25) is 0 Å². The molecule has 0 radical (unpaired) electrons. The number of benzene rings is 1. The van der Waals surface area contributed by atoms with Gasteiger partial charge in [0.15, 0.2) is 0 Å². The Morgan fingerprint density at radius 3 is 2.72 bits per heavy atom. The van der Waals surface area contributed by atoms with Crippen LogP contribution in [0.15, 0.2) is 29.2 Å². The molecular formula is C17H25FN2O4S. The van der Waals surface area contributed by atoms with Gasteiger partial charge in [0.1, 0.15) is 5.82 Å². The van der Waals surface area contributed by atoms with Crippen molar-refractivity contribution in [3.8, 4) is 0 Å². The van der Waals surface area contributed by atoms with Crippen molar-refractivity contribution in [2.75, 3.05) is 26.2 Å². The van der Waals surface area contributed by atoms with Gasteiger partial charge in [-0.15, -0.1) is 0 Å². The summed E-state index contributed by atoms with van der Waals surface area (Å²) in [5, 5.41) is 0. The van der Waals surface area contributed by atoms with Crippen LogP contribution in [0.3, 0.4) is 0 Å². The monoisotopic (exact) mass is 372 g/mol. The van der Waals surface area contributed by atoms with Gasteiger partial charge >= 0.3 is 5.97 Å². The van der Waals surface area contributed by atoms with E-state index in [9.17, 15) is 17.6 Å². The molecule has 1 aromatic rings. The molecule has 1 N–H and O–H groups in total. The number of carbonyl (C=O) groups excluding carboxylic acids is 1. The molecule has 1 atom stereocenters. The van der Waals surface area contributed by atoms with Gasteiger partial charge in [0, 0.05) is 19.0 Å². The summed E-state index contributed by atoms with van der Waals surface area (Å²) in [5.41, 5.74) is 0. The Hall–Kier alpha value is -1.51. The van der Waals surface area contributed by atoms with E-state index in [1.54, 1.807) is 6.92 Å². The number of hydrogen-bond donors (Lipinski definition) is 1. The largest absolute Gasteiger partial charge is 0.466 e. The van der Waals surface area contributed by atoms with E-state index in [0.29, 0.717) is 19.6 Å². The van der Waals surface area contributed by atoms with Gasteiger partial charge in [-0.2, -0.15) is 0 Å². The number of nitrogens with one attached hydrogen (secondary N) is 1. The topological polar surface area (TPSA) is 75.7 Å². The molecule has 0 bridgehead atoms. The molecule has 0 amide bonds. The van der Waals surface area contributed by atoms with E-state index in [1.807, 2.05) is 0 Å². The highest BCUT2D eigenvalue weighted by molar-refractivity contribution is 7.89. The summed E-state index contributed by atoms with van der Waals surface area (Å²) in [4.78, 5) is 13.5. The van der Waals surface area contributed by atoms with Gasteiger partial charge in [0.2, 0.25) is 10.0 Å². The van der Waals surface area contributed by atoms with Crippen molar-refractivity contribution in [3.05, 3.63) is 30.1 Å². The van der Waals surface area contributed by atoms with Gasteiger partial charge in [0.25, 0.3) is 0 Å². The van der Waals surface area contributed by atoms with Gasteiger partial charge in [0.05, 0.1) is 11.5 Å². The van der Waals surface area contributed by atoms with Crippen LogP contribution in [-0.4, -0.2) is 51.6 Å². The van der Waals surface area contributed by atoms with Gasteiger partial charge < -0.3 is 9.64 Å². The van der Waals surface area contributed by atoms with Crippen LogP contribution in [0, 0.1) is 5.82 Å². The lowest BCUT2D eigenvalue weighted by Crippen LogP contribution is -2.37. The maximum absolute atomic E-state index is 12.9. The fourth-order valence-corrected chi connectivity index (χ4v) is 4.13. The summed E-state index contributed by atoms with van der Waals surface area (Å²) in [6.07, 6.45) is 2.79. The maximum Gasteiger partial charge on any atom is 0.305 e. The lowest BCUT2D eigenvalue weighted by Gasteiger charge is -2.16. The first-order chi connectivity index (χ1) is 11.9. The Morgan fingerprint density at radius 1 is 1.32 bits per heavy atom. The van der Waals surface area contributed by atoms with E-state index in [-0.39, 0.29) is 16.9 Å². The van der Waals surface area contributed by atoms with E-state index in [4.69, 9.17) is 4.74 Å². The number of carbonyl (C=O) groups is 1. The minimum absolute atomic E-state index is 0.0711. The molecule has 1 unspecified atom stereocenters. The van der Waals surface area contributed by atoms with Crippen molar-refractivity contribution in [1.82, 2.24) is 9.62 Å². The van der Waals surface area contributed by atoms with E-state index >= 15 is 0 Å². The molecule has 1 heterocycles. The SMILES string of the molecule is CCOC(=O)CCCCN1CCC(NS(=O)(=O)c2ccc(F)cc2)C1. The standard InChI is InChI=1S/C17H25FN2O4S/c1-2-24-17(21)5-3-4-11-20-12-10-15(13-20)19-25(22,23)16-8-6-14(18)7-9-16/h6-9,15,19H,2-5,10-13H2,1H3. The molecule has 25 heavy (non-hydrogen) atoms. The summed E-state index contributed by atoms with van der Waals surface area (Å²) < 4.78 is 45.1. The number of halogens is 1. The highest BCUT2D eigenvalue weighted by Gasteiger charge is 2.27. The Labute approximate surface area is 148 Å². The Bertz CT molecular complexity index is 664. The van der Waals surface area contributed by atoms with Gasteiger partial charge in [-0.1, -0.05) is 0 Å². The smallest absolute Gasteiger partial charge is 0.305 e. The molecule has 1 saturated heterocycles. The lowest BCUT2D eigenvalue weighted by atomic mass is 10.2. The average molecular weight is 372 g/mol. The third kappa shape index (κ3) is 6.37. The number of ether oxygens (including phenoxy) is 1.